The predicted molar refractivity (Wildman–Crippen MR) is 101 cm³/mol. The molecule has 1 aromatic heterocycles. The van der Waals surface area contributed by atoms with E-state index in [1.54, 1.807) is 6.07 Å². The largest absolute Gasteiger partial charge is 0.373 e. The van der Waals surface area contributed by atoms with Crippen LogP contribution in [0.15, 0.2) is 30.5 Å². The smallest absolute Gasteiger partial charge is 0.248 e. The number of nitrogens with one attached hydrogen (secondary N) is 1. The number of carbonyl (C=O) groups excluding carboxylic acids is 1. The third-order valence-corrected chi connectivity index (χ3v) is 6.36. The predicted octanol–water partition coefficient (Wildman–Crippen LogP) is 1.72. The zero-order valence-electron chi connectivity index (χ0n) is 15.7. The Bertz CT molecular complexity index is 777. The van der Waals surface area contributed by atoms with Gasteiger partial charge in [-0.05, 0) is 30.5 Å². The van der Waals surface area contributed by atoms with Crippen molar-refractivity contribution in [1.29, 1.82) is 0 Å². The van der Waals surface area contributed by atoms with Crippen molar-refractivity contribution < 1.29 is 9.53 Å². The SMILES string of the molecule is CO[C@@]1(c2cccc(C(N)=O)c2)[C@@H]2CCC[C@H]1CN(CCc1c[nH]nn1)C2. The van der Waals surface area contributed by atoms with Gasteiger partial charge in [0.1, 0.15) is 5.60 Å². The van der Waals surface area contributed by atoms with Crippen LogP contribution < -0.4 is 5.73 Å². The van der Waals surface area contributed by atoms with E-state index in [4.69, 9.17) is 10.5 Å². The first kappa shape index (κ1) is 18.1. The average Bonchev–Trinajstić information content (AvgIpc) is 3.19. The molecule has 4 rings (SSSR count). The maximum atomic E-state index is 11.7. The van der Waals surface area contributed by atoms with Gasteiger partial charge in [-0.15, -0.1) is 5.10 Å². The topological polar surface area (TPSA) is 97.1 Å². The summed E-state index contributed by atoms with van der Waals surface area (Å²) >= 11 is 0. The Morgan fingerprint density at radius 1 is 1.37 bits per heavy atom. The highest BCUT2D eigenvalue weighted by molar-refractivity contribution is 5.92. The number of likely N-dealkylation sites (tertiary alicyclic amines) is 1. The van der Waals surface area contributed by atoms with Crippen LogP contribution in [-0.2, 0) is 16.8 Å². The molecule has 2 fully saturated rings. The summed E-state index contributed by atoms with van der Waals surface area (Å²) in [4.78, 5) is 14.2. The number of aromatic amines is 1. The van der Waals surface area contributed by atoms with Gasteiger partial charge in [0.25, 0.3) is 0 Å². The number of aromatic nitrogens is 3. The number of benzene rings is 1. The quantitative estimate of drug-likeness (QED) is 0.808. The lowest BCUT2D eigenvalue weighted by Gasteiger charge is -2.55. The van der Waals surface area contributed by atoms with Gasteiger partial charge in [-0.1, -0.05) is 23.8 Å². The third kappa shape index (κ3) is 3.26. The molecule has 1 aliphatic heterocycles. The van der Waals surface area contributed by atoms with E-state index in [2.05, 4.69) is 26.4 Å². The molecule has 3 atom stereocenters. The number of methoxy groups -OCH3 is 1. The molecule has 144 valence electrons. The van der Waals surface area contributed by atoms with Gasteiger partial charge in [-0.25, -0.2) is 0 Å². The highest BCUT2D eigenvalue weighted by Crippen LogP contribution is 2.51. The molecule has 1 amide bonds. The molecule has 7 nitrogen and oxygen atoms in total. The molecule has 0 radical (unpaired) electrons. The minimum Gasteiger partial charge on any atom is -0.373 e. The van der Waals surface area contributed by atoms with Crippen LogP contribution in [-0.4, -0.2) is 53.0 Å². The number of hydrogen-bond acceptors (Lipinski definition) is 5. The number of ether oxygens (including phenoxy) is 1. The van der Waals surface area contributed by atoms with Gasteiger partial charge in [-0.2, -0.15) is 0 Å². The molecule has 0 unspecified atom stereocenters. The molecule has 1 aliphatic carbocycles. The Hall–Kier alpha value is -2.25. The number of fused-ring (bicyclic) bond motifs is 2. The number of carbonyl (C=O) groups is 1. The second-order valence-electron chi connectivity index (χ2n) is 7.74. The highest BCUT2D eigenvalue weighted by Gasteiger charge is 2.53. The van der Waals surface area contributed by atoms with Crippen molar-refractivity contribution >= 4 is 5.91 Å². The standard InChI is InChI=1S/C20H27N5O2/c1-27-20(15-5-2-4-14(10-15)19(21)26)16-6-3-7-17(20)13-25(12-16)9-8-18-11-22-24-23-18/h2,4-5,10-11,16-17H,3,6-9,12-13H2,1H3,(H2,21,26)(H,22,23,24)/t16-,17+,20+. The van der Waals surface area contributed by atoms with E-state index >= 15 is 0 Å². The van der Waals surface area contributed by atoms with Crippen LogP contribution in [0.3, 0.4) is 0 Å². The van der Waals surface area contributed by atoms with Crippen molar-refractivity contribution in [2.45, 2.75) is 31.3 Å². The minimum atomic E-state index is -0.390. The first-order valence-electron chi connectivity index (χ1n) is 9.66. The molecule has 27 heavy (non-hydrogen) atoms. The Kier molecular flexibility index (Phi) is 4.97. The van der Waals surface area contributed by atoms with E-state index in [0.29, 0.717) is 17.4 Å². The Morgan fingerprint density at radius 3 is 2.78 bits per heavy atom. The Labute approximate surface area is 159 Å². The van der Waals surface area contributed by atoms with Gasteiger partial charge in [0, 0.05) is 56.8 Å². The minimum absolute atomic E-state index is 0.339. The van der Waals surface area contributed by atoms with Gasteiger partial charge in [0.15, 0.2) is 0 Å². The van der Waals surface area contributed by atoms with E-state index < -0.39 is 5.91 Å². The summed E-state index contributed by atoms with van der Waals surface area (Å²) in [6, 6.07) is 7.72. The third-order valence-electron chi connectivity index (χ3n) is 6.36. The summed E-state index contributed by atoms with van der Waals surface area (Å²) in [6.45, 7) is 2.95. The molecule has 1 saturated carbocycles. The van der Waals surface area contributed by atoms with Gasteiger partial charge in [-0.3, -0.25) is 9.89 Å². The lowest BCUT2D eigenvalue weighted by atomic mass is 9.62. The van der Waals surface area contributed by atoms with E-state index in [1.807, 2.05) is 25.4 Å². The number of nitrogens with two attached hydrogens (primary N) is 1. The molecule has 2 heterocycles. The van der Waals surface area contributed by atoms with E-state index in [0.717, 1.165) is 50.2 Å². The van der Waals surface area contributed by atoms with E-state index in [9.17, 15) is 4.79 Å². The molecular weight excluding hydrogens is 342 g/mol. The van der Waals surface area contributed by atoms with Crippen molar-refractivity contribution in [3.63, 3.8) is 0 Å². The summed E-state index contributed by atoms with van der Waals surface area (Å²) in [7, 11) is 1.81. The van der Waals surface area contributed by atoms with Crippen molar-refractivity contribution in [2.75, 3.05) is 26.7 Å². The number of H-pyrrole nitrogens is 1. The van der Waals surface area contributed by atoms with Crippen LogP contribution >= 0.6 is 0 Å². The summed E-state index contributed by atoms with van der Waals surface area (Å²) in [6.07, 6.45) is 6.25. The number of rotatable bonds is 6. The second-order valence-corrected chi connectivity index (χ2v) is 7.74. The molecule has 2 bridgehead atoms. The fourth-order valence-electron chi connectivity index (χ4n) is 5.17. The monoisotopic (exact) mass is 369 g/mol. The first-order chi connectivity index (χ1) is 13.1. The van der Waals surface area contributed by atoms with Crippen LogP contribution in [0, 0.1) is 11.8 Å². The van der Waals surface area contributed by atoms with Crippen molar-refractivity contribution in [3.05, 3.63) is 47.3 Å². The molecule has 7 heteroatoms. The summed E-state index contributed by atoms with van der Waals surface area (Å²) in [5.74, 6) is 0.407. The zero-order valence-corrected chi connectivity index (χ0v) is 15.7. The van der Waals surface area contributed by atoms with Gasteiger partial charge < -0.3 is 15.4 Å². The number of nitrogens with zero attached hydrogens (tertiary/aromatic N) is 3. The van der Waals surface area contributed by atoms with Crippen molar-refractivity contribution in [2.24, 2.45) is 17.6 Å². The van der Waals surface area contributed by atoms with Crippen LogP contribution in [0.5, 0.6) is 0 Å². The molecule has 1 aromatic carbocycles. The number of amides is 1. The normalized spacial score (nSPS) is 28.2. The zero-order chi connectivity index (χ0) is 18.9. The molecule has 2 aromatic rings. The maximum absolute atomic E-state index is 11.7. The average molecular weight is 369 g/mol. The fraction of sp³-hybridized carbons (Fsp3) is 0.550. The molecule has 0 spiro atoms. The molecule has 2 aliphatic rings. The number of hydrogen-bond donors (Lipinski definition) is 2. The van der Waals surface area contributed by atoms with Gasteiger partial charge in [0.05, 0.1) is 5.69 Å². The lowest BCUT2D eigenvalue weighted by Crippen LogP contribution is -2.59. The second kappa shape index (κ2) is 7.40. The summed E-state index contributed by atoms with van der Waals surface area (Å²) in [5, 5.41) is 10.7. The van der Waals surface area contributed by atoms with Crippen molar-refractivity contribution in [3.8, 4) is 0 Å². The van der Waals surface area contributed by atoms with Crippen LogP contribution in [0.4, 0.5) is 0 Å². The van der Waals surface area contributed by atoms with Gasteiger partial charge in [0.2, 0.25) is 5.91 Å². The first-order valence-corrected chi connectivity index (χ1v) is 9.66. The molecule has 1 saturated heterocycles. The summed E-state index contributed by atoms with van der Waals surface area (Å²) < 4.78 is 6.26. The number of primary amides is 1. The number of piperidine rings is 1. The van der Waals surface area contributed by atoms with Gasteiger partial charge >= 0.3 is 0 Å². The Morgan fingerprint density at radius 2 is 2.15 bits per heavy atom. The van der Waals surface area contributed by atoms with E-state index in [1.165, 1.54) is 6.42 Å². The molecule has 3 N–H and O–H groups in total. The van der Waals surface area contributed by atoms with Crippen LogP contribution in [0.1, 0.15) is 40.9 Å². The van der Waals surface area contributed by atoms with Crippen molar-refractivity contribution in [1.82, 2.24) is 20.3 Å². The van der Waals surface area contributed by atoms with Crippen LogP contribution in [0.25, 0.3) is 0 Å². The summed E-state index contributed by atoms with van der Waals surface area (Å²) in [5.41, 5.74) is 7.82. The maximum Gasteiger partial charge on any atom is 0.248 e. The Balaban J connectivity index is 1.58. The van der Waals surface area contributed by atoms with Crippen LogP contribution in [0.2, 0.25) is 0 Å². The highest BCUT2D eigenvalue weighted by atomic mass is 16.5. The molecular formula is C20H27N5O2. The fourth-order valence-corrected chi connectivity index (χ4v) is 5.17. The lowest BCUT2D eigenvalue weighted by molar-refractivity contribution is -0.168. The van der Waals surface area contributed by atoms with E-state index in [-0.39, 0.29) is 5.60 Å².